The highest BCUT2D eigenvalue weighted by Gasteiger charge is 1.94. The smallest absolute Gasteiger partial charge is 0.215 e. The van der Waals surface area contributed by atoms with E-state index >= 15 is 0 Å². The summed E-state index contributed by atoms with van der Waals surface area (Å²) < 4.78 is 12.3. The fraction of sp³-hybridized carbons (Fsp3) is 0.167. The van der Waals surface area contributed by atoms with Crippen LogP contribution in [0.4, 0.5) is 4.39 Å². The summed E-state index contributed by atoms with van der Waals surface area (Å²) in [4.78, 5) is 3.39. The van der Waals surface area contributed by atoms with Gasteiger partial charge in [0.25, 0.3) is 0 Å². The molecule has 3 heteroatoms. The number of aromatic nitrogens is 1. The largest absolute Gasteiger partial charge is 0.229 e. The van der Waals surface area contributed by atoms with Crippen LogP contribution < -0.4 is 5.46 Å². The molecular weight excluding hydrogens is 116 g/mol. The average Bonchev–Trinajstić information content (AvgIpc) is 1.80. The van der Waals surface area contributed by atoms with E-state index in [0.717, 1.165) is 0 Å². The molecule has 1 nitrogen and oxygen atoms in total. The Morgan fingerprint density at radius 2 is 2.33 bits per heavy atom. The lowest BCUT2D eigenvalue weighted by Gasteiger charge is -1.94. The summed E-state index contributed by atoms with van der Waals surface area (Å²) in [5.41, 5.74) is 0.976. The molecule has 2 radical (unpaired) electrons. The Hall–Kier alpha value is -0.855. The van der Waals surface area contributed by atoms with Crippen LogP contribution in [0.3, 0.4) is 0 Å². The van der Waals surface area contributed by atoms with Crippen molar-refractivity contribution in [1.82, 2.24) is 4.98 Å². The topological polar surface area (TPSA) is 12.9 Å². The first-order chi connectivity index (χ1) is 4.20. The Morgan fingerprint density at radius 3 is 2.78 bits per heavy atom. The van der Waals surface area contributed by atoms with Crippen LogP contribution in [0.2, 0.25) is 0 Å². The van der Waals surface area contributed by atoms with E-state index in [9.17, 15) is 4.39 Å². The van der Waals surface area contributed by atoms with E-state index in [1.807, 2.05) is 0 Å². The van der Waals surface area contributed by atoms with E-state index in [0.29, 0.717) is 11.0 Å². The second-order valence-corrected chi connectivity index (χ2v) is 1.88. The minimum absolute atomic E-state index is 0.454. The zero-order chi connectivity index (χ0) is 6.85. The molecule has 1 heterocycles. The molecule has 0 amide bonds. The molecule has 0 saturated heterocycles. The summed E-state index contributed by atoms with van der Waals surface area (Å²) in [5, 5.41) is 0. The quantitative estimate of drug-likeness (QED) is 0.355. The first-order valence-corrected chi connectivity index (χ1v) is 2.58. The Balaban J connectivity index is 3.17. The minimum atomic E-state index is -0.454. The van der Waals surface area contributed by atoms with Crippen molar-refractivity contribution >= 4 is 13.3 Å². The van der Waals surface area contributed by atoms with Crippen LogP contribution in [0.25, 0.3) is 0 Å². The molecule has 0 aromatic carbocycles. The van der Waals surface area contributed by atoms with Crippen LogP contribution in [-0.4, -0.2) is 12.8 Å². The summed E-state index contributed by atoms with van der Waals surface area (Å²) in [5.74, 6) is -0.454. The third-order valence-electron chi connectivity index (χ3n) is 1.04. The van der Waals surface area contributed by atoms with Crippen molar-refractivity contribution < 1.29 is 4.39 Å². The van der Waals surface area contributed by atoms with Crippen molar-refractivity contribution in [2.24, 2.45) is 0 Å². The van der Waals surface area contributed by atoms with E-state index in [2.05, 4.69) is 4.98 Å². The third kappa shape index (κ3) is 1.28. The predicted octanol–water partition coefficient (Wildman–Crippen LogP) is 0.323. The monoisotopic (exact) mass is 121 g/mol. The zero-order valence-corrected chi connectivity index (χ0v) is 5.06. The van der Waals surface area contributed by atoms with Gasteiger partial charge < -0.3 is 0 Å². The van der Waals surface area contributed by atoms with Crippen molar-refractivity contribution in [3.05, 3.63) is 23.8 Å². The Labute approximate surface area is 54.3 Å². The maximum absolute atomic E-state index is 12.3. The molecule has 0 unspecified atom stereocenters. The third-order valence-corrected chi connectivity index (χ3v) is 1.04. The van der Waals surface area contributed by atoms with Gasteiger partial charge in [-0.2, -0.15) is 4.39 Å². The van der Waals surface area contributed by atoms with E-state index in [1.165, 1.54) is 6.20 Å². The molecule has 1 aromatic rings. The molecule has 0 bridgehead atoms. The molecular formula is C6H5BFN. The highest BCUT2D eigenvalue weighted by atomic mass is 19.1. The van der Waals surface area contributed by atoms with Gasteiger partial charge in [-0.15, -0.1) is 0 Å². The number of nitrogens with zero attached hydrogens (tertiary/aromatic N) is 1. The highest BCUT2D eigenvalue weighted by Crippen LogP contribution is 1.96. The zero-order valence-electron chi connectivity index (χ0n) is 5.06. The molecule has 0 atom stereocenters. The number of aryl methyl sites for hydroxylation is 1. The maximum atomic E-state index is 12.3. The normalized spacial score (nSPS) is 9.56. The van der Waals surface area contributed by atoms with Gasteiger partial charge in [-0.1, -0.05) is 11.5 Å². The van der Waals surface area contributed by atoms with Gasteiger partial charge in [0, 0.05) is 11.8 Å². The van der Waals surface area contributed by atoms with Gasteiger partial charge in [-0.3, -0.25) is 0 Å². The van der Waals surface area contributed by atoms with Crippen molar-refractivity contribution in [3.63, 3.8) is 0 Å². The molecule has 0 spiro atoms. The average molecular weight is 121 g/mol. The van der Waals surface area contributed by atoms with E-state index in [4.69, 9.17) is 7.85 Å². The van der Waals surface area contributed by atoms with Gasteiger partial charge in [-0.05, 0) is 6.92 Å². The van der Waals surface area contributed by atoms with E-state index in [-0.39, 0.29) is 0 Å². The number of halogens is 1. The molecule has 0 aliphatic rings. The molecule has 0 aliphatic heterocycles. The number of hydrogen-bond donors (Lipinski definition) is 0. The molecule has 0 fully saturated rings. The van der Waals surface area contributed by atoms with Gasteiger partial charge >= 0.3 is 0 Å². The Morgan fingerprint density at radius 1 is 1.67 bits per heavy atom. The Kier molecular flexibility index (Phi) is 1.51. The van der Waals surface area contributed by atoms with Crippen molar-refractivity contribution in [3.8, 4) is 0 Å². The summed E-state index contributed by atoms with van der Waals surface area (Å²) in [6.45, 7) is 1.62. The number of hydrogen-bond acceptors (Lipinski definition) is 1. The second kappa shape index (κ2) is 2.17. The minimum Gasteiger partial charge on any atom is -0.229 e. The fourth-order valence-corrected chi connectivity index (χ4v) is 0.580. The summed E-state index contributed by atoms with van der Waals surface area (Å²) in [6, 6.07) is 1.54. The number of rotatable bonds is 0. The van der Waals surface area contributed by atoms with Crippen LogP contribution in [-0.2, 0) is 0 Å². The molecule has 1 rings (SSSR count). The number of pyridine rings is 1. The first kappa shape index (κ1) is 6.27. The van der Waals surface area contributed by atoms with Gasteiger partial charge in [0.05, 0.1) is 0 Å². The lowest BCUT2D eigenvalue weighted by molar-refractivity contribution is 0.575. The first-order valence-electron chi connectivity index (χ1n) is 2.58. The SMILES string of the molecule is [B]c1cnc(F)c(C)c1. The molecule has 9 heavy (non-hydrogen) atoms. The van der Waals surface area contributed by atoms with Crippen molar-refractivity contribution in [1.29, 1.82) is 0 Å². The highest BCUT2D eigenvalue weighted by molar-refractivity contribution is 6.32. The molecule has 0 saturated carbocycles. The van der Waals surface area contributed by atoms with Crippen molar-refractivity contribution in [2.75, 3.05) is 0 Å². The van der Waals surface area contributed by atoms with Crippen LogP contribution in [0.15, 0.2) is 12.3 Å². The molecule has 1 aromatic heterocycles. The molecule has 0 aliphatic carbocycles. The predicted molar refractivity (Wildman–Crippen MR) is 34.3 cm³/mol. The van der Waals surface area contributed by atoms with Gasteiger partial charge in [-0.25, -0.2) is 4.98 Å². The maximum Gasteiger partial charge on any atom is 0.215 e. The van der Waals surface area contributed by atoms with E-state index in [1.54, 1.807) is 13.0 Å². The van der Waals surface area contributed by atoms with Crippen LogP contribution in [0.1, 0.15) is 5.56 Å². The molecule has 44 valence electrons. The van der Waals surface area contributed by atoms with Crippen LogP contribution >= 0.6 is 0 Å². The lowest BCUT2D eigenvalue weighted by atomic mass is 9.98. The fourth-order valence-electron chi connectivity index (χ4n) is 0.580. The standard InChI is InChI=1S/C6H5BFN/c1-4-2-5(7)3-9-6(4)8/h2-3H,1H3. The second-order valence-electron chi connectivity index (χ2n) is 1.88. The van der Waals surface area contributed by atoms with Crippen molar-refractivity contribution in [2.45, 2.75) is 6.92 Å². The lowest BCUT2D eigenvalue weighted by Crippen LogP contribution is -2.05. The summed E-state index contributed by atoms with van der Waals surface area (Å²) in [7, 11) is 5.30. The van der Waals surface area contributed by atoms with Crippen LogP contribution in [0, 0.1) is 12.9 Å². The Bertz CT molecular complexity index is 224. The van der Waals surface area contributed by atoms with Crippen LogP contribution in [0.5, 0.6) is 0 Å². The summed E-state index contributed by atoms with van der Waals surface area (Å²) in [6.07, 6.45) is 1.29. The van der Waals surface area contributed by atoms with Gasteiger partial charge in [0.15, 0.2) is 0 Å². The summed E-state index contributed by atoms with van der Waals surface area (Å²) >= 11 is 0. The van der Waals surface area contributed by atoms with Gasteiger partial charge in [0.1, 0.15) is 7.85 Å². The molecule has 0 N–H and O–H groups in total. The van der Waals surface area contributed by atoms with Gasteiger partial charge in [0.2, 0.25) is 5.95 Å². The van der Waals surface area contributed by atoms with E-state index < -0.39 is 5.95 Å².